The molecule has 0 unspecified atom stereocenters. The molecule has 0 radical (unpaired) electrons. The summed E-state index contributed by atoms with van der Waals surface area (Å²) in [5.74, 6) is -2.37. The van der Waals surface area contributed by atoms with E-state index in [0.29, 0.717) is 12.8 Å². The molecule has 0 aliphatic rings. The number of carbonyl (C=O) groups excluding carboxylic acids is 4. The van der Waals surface area contributed by atoms with E-state index in [-0.39, 0.29) is 29.8 Å². The molecule has 2 amide bonds. The molecule has 10 nitrogen and oxygen atoms in total. The number of nitrogens with one attached hydrogen (secondary N) is 3. The number of amides is 2. The molecule has 0 spiro atoms. The zero-order valence-corrected chi connectivity index (χ0v) is 23.3. The Balaban J connectivity index is 2.14. The number of nitrogens with zero attached hydrogens (tertiary/aromatic N) is 1. The van der Waals surface area contributed by atoms with Crippen LogP contribution in [0.2, 0.25) is 0 Å². The van der Waals surface area contributed by atoms with E-state index in [9.17, 15) is 19.2 Å². The van der Waals surface area contributed by atoms with E-state index in [4.69, 9.17) is 9.47 Å². The van der Waals surface area contributed by atoms with Crippen molar-refractivity contribution < 1.29 is 28.7 Å². The van der Waals surface area contributed by atoms with Crippen LogP contribution in [0.4, 0.5) is 0 Å². The number of hydrogen-bond acceptors (Lipinski definition) is 7. The number of imidazole rings is 1. The highest BCUT2D eigenvalue weighted by molar-refractivity contribution is 6.06. The number of H-pyrrole nitrogens is 1. The summed E-state index contributed by atoms with van der Waals surface area (Å²) in [6.07, 6.45) is 1.89. The van der Waals surface area contributed by atoms with Crippen molar-refractivity contribution in [2.24, 2.45) is 11.8 Å². The molecule has 208 valence electrons. The number of aromatic amines is 1. The smallest absolute Gasteiger partial charge is 0.329 e. The summed E-state index contributed by atoms with van der Waals surface area (Å²) in [6, 6.07) is 7.37. The number of esters is 2. The van der Waals surface area contributed by atoms with Gasteiger partial charge in [0.1, 0.15) is 30.0 Å². The minimum Gasteiger partial charge on any atom is -0.459 e. The van der Waals surface area contributed by atoms with E-state index in [1.807, 2.05) is 58.0 Å². The van der Waals surface area contributed by atoms with Gasteiger partial charge in [-0.1, -0.05) is 58.0 Å². The lowest BCUT2D eigenvalue weighted by Gasteiger charge is -2.25. The van der Waals surface area contributed by atoms with Crippen LogP contribution in [-0.2, 0) is 25.7 Å². The van der Waals surface area contributed by atoms with Crippen LogP contribution in [0.3, 0.4) is 0 Å². The molecular formula is C28H40N4O6. The van der Waals surface area contributed by atoms with Gasteiger partial charge in [0.25, 0.3) is 11.8 Å². The van der Waals surface area contributed by atoms with E-state index >= 15 is 0 Å². The van der Waals surface area contributed by atoms with E-state index in [1.165, 1.54) is 6.33 Å². The molecule has 0 fully saturated rings. The lowest BCUT2D eigenvalue weighted by molar-refractivity contribution is -0.157. The largest absolute Gasteiger partial charge is 0.459 e. The van der Waals surface area contributed by atoms with Crippen LogP contribution in [0.1, 0.15) is 87.8 Å². The van der Waals surface area contributed by atoms with Crippen molar-refractivity contribution in [2.45, 2.75) is 85.6 Å². The molecule has 1 aromatic carbocycles. The molecule has 1 aromatic heterocycles. The fraction of sp³-hybridized carbons (Fsp3) is 0.536. The Hall–Kier alpha value is -3.69. The van der Waals surface area contributed by atoms with Gasteiger partial charge in [-0.3, -0.25) is 9.59 Å². The Morgan fingerprint density at radius 1 is 0.868 bits per heavy atom. The Morgan fingerprint density at radius 3 is 1.97 bits per heavy atom. The number of hydrogen-bond donors (Lipinski definition) is 3. The summed E-state index contributed by atoms with van der Waals surface area (Å²) >= 11 is 0. The summed E-state index contributed by atoms with van der Waals surface area (Å²) in [5.41, 5.74) is -0.223. The van der Waals surface area contributed by atoms with Gasteiger partial charge in [0.2, 0.25) is 0 Å². The topological polar surface area (TPSA) is 139 Å². The van der Waals surface area contributed by atoms with Crippen molar-refractivity contribution in [3.63, 3.8) is 0 Å². The van der Waals surface area contributed by atoms with Crippen LogP contribution < -0.4 is 10.6 Å². The Bertz CT molecular complexity index is 1090. The van der Waals surface area contributed by atoms with Crippen LogP contribution in [-0.4, -0.2) is 51.4 Å². The first-order valence-corrected chi connectivity index (χ1v) is 12.8. The molecular weight excluding hydrogens is 488 g/mol. The minimum atomic E-state index is -0.936. The van der Waals surface area contributed by atoms with E-state index in [1.54, 1.807) is 20.8 Å². The summed E-state index contributed by atoms with van der Waals surface area (Å²) in [7, 11) is 0. The molecule has 2 aromatic rings. The van der Waals surface area contributed by atoms with E-state index in [2.05, 4.69) is 20.6 Å². The van der Waals surface area contributed by atoms with Crippen molar-refractivity contribution >= 4 is 23.8 Å². The summed E-state index contributed by atoms with van der Waals surface area (Å²) in [5, 5.41) is 5.31. The normalized spacial score (nSPS) is 13.1. The third-order valence-corrected chi connectivity index (χ3v) is 5.31. The molecule has 3 N–H and O–H groups in total. The number of ether oxygens (including phenoxy) is 2. The Morgan fingerprint density at radius 2 is 1.42 bits per heavy atom. The lowest BCUT2D eigenvalue weighted by atomic mass is 10.0. The third kappa shape index (κ3) is 9.99. The maximum absolute atomic E-state index is 13.1. The summed E-state index contributed by atoms with van der Waals surface area (Å²) in [6.45, 7) is 13.0. The maximum Gasteiger partial charge on any atom is 0.329 e. The van der Waals surface area contributed by atoms with Gasteiger partial charge in [-0.15, -0.1) is 0 Å². The van der Waals surface area contributed by atoms with Gasteiger partial charge in [0.15, 0.2) is 5.69 Å². The molecule has 0 aliphatic heterocycles. The number of carbonyl (C=O) groups is 4. The van der Waals surface area contributed by atoms with Gasteiger partial charge in [-0.05, 0) is 51.0 Å². The van der Waals surface area contributed by atoms with Crippen molar-refractivity contribution in [3.05, 3.63) is 53.6 Å². The van der Waals surface area contributed by atoms with Crippen LogP contribution >= 0.6 is 0 Å². The second kappa shape index (κ2) is 13.7. The first-order chi connectivity index (χ1) is 17.8. The fourth-order valence-electron chi connectivity index (χ4n) is 3.67. The minimum absolute atomic E-state index is 0.0715. The molecule has 2 atom stereocenters. The van der Waals surface area contributed by atoms with Crippen LogP contribution in [0, 0.1) is 11.8 Å². The average molecular weight is 529 g/mol. The molecule has 0 aliphatic carbocycles. The van der Waals surface area contributed by atoms with Crippen LogP contribution in [0.15, 0.2) is 36.7 Å². The van der Waals surface area contributed by atoms with Gasteiger partial charge < -0.3 is 25.1 Å². The predicted molar refractivity (Wildman–Crippen MR) is 142 cm³/mol. The van der Waals surface area contributed by atoms with Crippen LogP contribution in [0.5, 0.6) is 0 Å². The Labute approximate surface area is 224 Å². The predicted octanol–water partition coefficient (Wildman–Crippen LogP) is 3.78. The molecule has 10 heteroatoms. The van der Waals surface area contributed by atoms with Gasteiger partial charge in [-0.25, -0.2) is 14.6 Å². The maximum atomic E-state index is 13.1. The number of rotatable bonds is 12. The van der Waals surface area contributed by atoms with Crippen molar-refractivity contribution in [1.82, 2.24) is 20.6 Å². The quantitative estimate of drug-likeness (QED) is 0.356. The third-order valence-electron chi connectivity index (χ3n) is 5.31. The summed E-state index contributed by atoms with van der Waals surface area (Å²) in [4.78, 5) is 58.4. The van der Waals surface area contributed by atoms with Crippen LogP contribution in [0.25, 0.3) is 0 Å². The first kappa shape index (κ1) is 30.5. The highest BCUT2D eigenvalue weighted by Crippen LogP contribution is 2.15. The fourth-order valence-corrected chi connectivity index (χ4v) is 3.67. The van der Waals surface area contributed by atoms with Gasteiger partial charge in [-0.2, -0.15) is 0 Å². The highest BCUT2D eigenvalue weighted by atomic mass is 16.6. The lowest BCUT2D eigenvalue weighted by Crippen LogP contribution is -2.46. The Kier molecular flexibility index (Phi) is 11.0. The number of aromatic nitrogens is 2. The number of benzene rings is 1. The van der Waals surface area contributed by atoms with Crippen molar-refractivity contribution in [2.75, 3.05) is 0 Å². The zero-order chi connectivity index (χ0) is 28.5. The first-order valence-electron chi connectivity index (χ1n) is 12.8. The van der Waals surface area contributed by atoms with Gasteiger partial charge >= 0.3 is 11.9 Å². The molecule has 0 saturated heterocycles. The second-order valence-electron chi connectivity index (χ2n) is 11.1. The molecule has 0 bridgehead atoms. The second-order valence-corrected chi connectivity index (χ2v) is 11.1. The molecule has 2 rings (SSSR count). The van der Waals surface area contributed by atoms with Gasteiger partial charge in [0.05, 0.1) is 6.33 Å². The molecule has 0 saturated carbocycles. The highest BCUT2D eigenvalue weighted by Gasteiger charge is 2.31. The SMILES string of the molecule is CC(C)C[C@H](NC(=O)c1nc[nH]c1C(=O)N[C@@H](CC(C)C)C(=O)OC(C)(C)C)C(=O)OCc1ccccc1. The van der Waals surface area contributed by atoms with Crippen molar-refractivity contribution in [1.29, 1.82) is 0 Å². The summed E-state index contributed by atoms with van der Waals surface area (Å²) < 4.78 is 10.9. The zero-order valence-electron chi connectivity index (χ0n) is 23.3. The molecule has 38 heavy (non-hydrogen) atoms. The standard InChI is InChI=1S/C28H40N4O6/c1-17(2)13-20(26(35)37-15-19-11-9-8-10-12-19)31-24(33)22-23(30-16-29-22)25(34)32-21(14-18(3)4)27(36)38-28(5,6)7/h8-12,16-18,20-21H,13-15H2,1-7H3,(H,29,30)(H,31,33)(H,32,34)/t20-,21-/m0/s1. The van der Waals surface area contributed by atoms with Gasteiger partial charge in [0, 0.05) is 0 Å². The monoisotopic (exact) mass is 528 g/mol. The average Bonchev–Trinajstić information content (AvgIpc) is 3.31. The van der Waals surface area contributed by atoms with E-state index < -0.39 is 41.4 Å². The molecule has 1 heterocycles. The van der Waals surface area contributed by atoms with E-state index in [0.717, 1.165) is 5.56 Å². The van der Waals surface area contributed by atoms with Crippen molar-refractivity contribution in [3.8, 4) is 0 Å².